The van der Waals surface area contributed by atoms with Gasteiger partial charge in [-0.05, 0) is 0 Å². The molecular formula is H11NO19P6. The molecule has 0 aliphatic heterocycles. The molecule has 0 heterocycles. The molecule has 0 spiro atoms. The molecule has 0 aliphatic rings. The average Bonchev–Trinajstić information content (AvgIpc) is 1.97. The van der Waals surface area contributed by atoms with Gasteiger partial charge in [0.1, 0.15) is 0 Å². The molecule has 0 fully saturated rings. The van der Waals surface area contributed by atoms with E-state index in [1.165, 1.54) is 0 Å². The molecule has 0 aliphatic carbocycles. The summed E-state index contributed by atoms with van der Waals surface area (Å²) >= 11 is 0. The fraction of sp³-hybridized carbons (Fsp3) is 0. The van der Waals surface area contributed by atoms with Gasteiger partial charge in [0.05, 0.1) is 0 Å². The zero-order valence-electron chi connectivity index (χ0n) is 11.5. The third kappa shape index (κ3) is 14.8. The Hall–Kier alpha value is 0.820. The van der Waals surface area contributed by atoms with Crippen molar-refractivity contribution in [2.75, 3.05) is 0 Å². The summed E-state index contributed by atoms with van der Waals surface area (Å²) in [4.78, 5) is 68.1. The standard InChI is InChI=1S/H3N.H8O19P6/c;1-20(2,3)15-22(7,8)17-24(11,12)19-25(13,14)18-23(9,10)16-21(4,5)6/h1H3;(H,7,8)(H,9,10)(H,11,12)(H,13,14)(H2,1,2,3)(H2,4,5,6). The number of hydrogen-bond donors (Lipinski definition) is 9. The largest absolute Gasteiger partial charge is 0.490 e. The summed E-state index contributed by atoms with van der Waals surface area (Å²) in [5.41, 5.74) is 0. The molecule has 0 aromatic rings. The summed E-state index contributed by atoms with van der Waals surface area (Å²) in [7, 11) is -36.2. The van der Waals surface area contributed by atoms with Gasteiger partial charge in [-0.1, -0.05) is 0 Å². The predicted molar refractivity (Wildman–Crippen MR) is 73.8 cm³/mol. The Bertz CT molecular complexity index is 697. The molecule has 0 aromatic heterocycles. The van der Waals surface area contributed by atoms with Crippen molar-refractivity contribution < 1.29 is 88.1 Å². The van der Waals surface area contributed by atoms with Crippen molar-refractivity contribution >= 4 is 46.9 Å². The van der Waals surface area contributed by atoms with Gasteiger partial charge in [0.15, 0.2) is 0 Å². The van der Waals surface area contributed by atoms with E-state index in [2.05, 4.69) is 21.6 Å². The molecule has 0 rings (SSSR count). The van der Waals surface area contributed by atoms with Gasteiger partial charge in [-0.3, -0.25) is 0 Å². The fourth-order valence-corrected chi connectivity index (χ4v) is 7.55. The molecule has 0 aromatic carbocycles. The van der Waals surface area contributed by atoms with Crippen LogP contribution in [0.2, 0.25) is 0 Å². The van der Waals surface area contributed by atoms with E-state index >= 15 is 0 Å². The van der Waals surface area contributed by atoms with Crippen LogP contribution in [0.25, 0.3) is 0 Å². The third-order valence-corrected chi connectivity index (χ3v) is 9.34. The smallest absolute Gasteiger partial charge is 0.344 e. The van der Waals surface area contributed by atoms with Gasteiger partial charge < -0.3 is 45.3 Å². The monoisotopic (exact) mass is 515 g/mol. The Morgan fingerprint density at radius 2 is 0.538 bits per heavy atom. The highest BCUT2D eigenvalue weighted by Gasteiger charge is 2.48. The lowest BCUT2D eigenvalue weighted by Gasteiger charge is -2.19. The van der Waals surface area contributed by atoms with Gasteiger partial charge in [-0.15, -0.1) is 0 Å². The van der Waals surface area contributed by atoms with Gasteiger partial charge in [0.25, 0.3) is 0 Å². The van der Waals surface area contributed by atoms with Crippen molar-refractivity contribution in [3.05, 3.63) is 0 Å². The summed E-state index contributed by atoms with van der Waals surface area (Å²) < 4.78 is 80.4. The SMILES string of the molecule is N.O=P(O)(O)OP(=O)(O)OP(=O)(O)OP(=O)(O)OP(=O)(O)OP(=O)(O)O. The van der Waals surface area contributed by atoms with E-state index < -0.39 is 46.9 Å². The summed E-state index contributed by atoms with van der Waals surface area (Å²) in [5.74, 6) is 0. The van der Waals surface area contributed by atoms with Crippen LogP contribution in [0.1, 0.15) is 0 Å². The first-order valence-corrected chi connectivity index (χ1v) is 13.6. The molecule has 160 valence electrons. The molecular weight excluding hydrogens is 504 g/mol. The van der Waals surface area contributed by atoms with Crippen LogP contribution >= 0.6 is 46.9 Å². The van der Waals surface area contributed by atoms with Crippen molar-refractivity contribution in [2.24, 2.45) is 0 Å². The predicted octanol–water partition coefficient (Wildman–Crippen LogP) is -0.182. The number of hydrogen-bond acceptors (Lipinski definition) is 12. The van der Waals surface area contributed by atoms with Crippen molar-refractivity contribution in [1.82, 2.24) is 6.15 Å². The summed E-state index contributed by atoms with van der Waals surface area (Å²) in [6.45, 7) is 0. The van der Waals surface area contributed by atoms with E-state index in [1.54, 1.807) is 0 Å². The van der Waals surface area contributed by atoms with Gasteiger partial charge in [-0.2, -0.15) is 21.6 Å². The van der Waals surface area contributed by atoms with E-state index in [0.29, 0.717) is 0 Å². The van der Waals surface area contributed by atoms with Crippen LogP contribution in [-0.2, 0) is 48.9 Å². The second-order valence-electron chi connectivity index (χ2n) is 3.26. The molecule has 4 atom stereocenters. The van der Waals surface area contributed by atoms with Gasteiger partial charge in [0, 0.05) is 0 Å². The molecule has 0 saturated heterocycles. The van der Waals surface area contributed by atoms with Crippen molar-refractivity contribution in [2.45, 2.75) is 0 Å². The van der Waals surface area contributed by atoms with E-state index in [1.807, 2.05) is 0 Å². The van der Waals surface area contributed by atoms with E-state index in [-0.39, 0.29) is 6.15 Å². The zero-order chi connectivity index (χ0) is 20.5. The zero-order valence-corrected chi connectivity index (χ0v) is 16.8. The lowest BCUT2D eigenvalue weighted by Crippen LogP contribution is -1.98. The number of rotatable bonds is 10. The van der Waals surface area contributed by atoms with Crippen LogP contribution in [0.5, 0.6) is 0 Å². The van der Waals surface area contributed by atoms with E-state index in [4.69, 9.17) is 39.1 Å². The first kappa shape index (κ1) is 29.0. The maximum absolute atomic E-state index is 11.2. The normalized spacial score (nSPS) is 22.2. The highest BCUT2D eigenvalue weighted by Crippen LogP contribution is 2.74. The summed E-state index contributed by atoms with van der Waals surface area (Å²) in [6.07, 6.45) is 0. The lowest BCUT2D eigenvalue weighted by molar-refractivity contribution is 0.184. The van der Waals surface area contributed by atoms with Crippen molar-refractivity contribution in [1.29, 1.82) is 0 Å². The molecule has 26 heteroatoms. The second kappa shape index (κ2) is 9.09. The number of phosphoric acid groups is 6. The summed E-state index contributed by atoms with van der Waals surface area (Å²) in [5, 5.41) is 0. The molecule has 11 N–H and O–H groups in total. The van der Waals surface area contributed by atoms with Crippen LogP contribution < -0.4 is 6.15 Å². The highest BCUT2D eigenvalue weighted by atomic mass is 31.3. The Morgan fingerprint density at radius 1 is 0.385 bits per heavy atom. The minimum atomic E-state index is -6.26. The fourth-order valence-electron chi connectivity index (χ4n) is 0.720. The molecule has 0 amide bonds. The van der Waals surface area contributed by atoms with Gasteiger partial charge in [-0.25, -0.2) is 27.4 Å². The molecule has 0 saturated carbocycles. The van der Waals surface area contributed by atoms with Crippen LogP contribution in [-0.4, -0.2) is 39.1 Å². The van der Waals surface area contributed by atoms with Gasteiger partial charge >= 0.3 is 46.9 Å². The maximum Gasteiger partial charge on any atom is 0.490 e. The quantitative estimate of drug-likeness (QED) is 0.170. The maximum atomic E-state index is 11.2. The van der Waals surface area contributed by atoms with E-state index in [9.17, 15) is 27.4 Å². The molecule has 0 radical (unpaired) electrons. The van der Waals surface area contributed by atoms with Crippen LogP contribution in [0.3, 0.4) is 0 Å². The molecule has 0 bridgehead atoms. The Balaban J connectivity index is 0. The van der Waals surface area contributed by atoms with Crippen LogP contribution in [0.4, 0.5) is 0 Å². The van der Waals surface area contributed by atoms with Crippen molar-refractivity contribution in [3.63, 3.8) is 0 Å². The average molecular weight is 515 g/mol. The molecule has 4 unspecified atom stereocenters. The molecule has 26 heavy (non-hydrogen) atoms. The third-order valence-electron chi connectivity index (χ3n) is 1.04. The summed E-state index contributed by atoms with van der Waals surface area (Å²) in [6, 6.07) is 0. The topological polar surface area (TPSA) is 345 Å². The molecule has 20 nitrogen and oxygen atoms in total. The Morgan fingerprint density at radius 3 is 0.692 bits per heavy atom. The Labute approximate surface area is 142 Å². The first-order chi connectivity index (χ1) is 10.5. The highest BCUT2D eigenvalue weighted by molar-refractivity contribution is 7.72. The van der Waals surface area contributed by atoms with Gasteiger partial charge in [0.2, 0.25) is 0 Å². The second-order valence-corrected chi connectivity index (χ2v) is 12.2. The first-order valence-electron chi connectivity index (χ1n) is 4.52. The van der Waals surface area contributed by atoms with Crippen LogP contribution in [0.15, 0.2) is 0 Å². The Kier molecular flexibility index (Phi) is 10.2. The lowest BCUT2D eigenvalue weighted by atomic mass is 14.0. The minimum Gasteiger partial charge on any atom is -0.344 e. The van der Waals surface area contributed by atoms with Crippen LogP contribution in [0, 0.1) is 0 Å². The van der Waals surface area contributed by atoms with Crippen molar-refractivity contribution in [3.8, 4) is 0 Å². The van der Waals surface area contributed by atoms with E-state index in [0.717, 1.165) is 0 Å². The minimum absolute atomic E-state index is 0.